The van der Waals surface area contributed by atoms with Gasteiger partial charge >= 0.3 is 0 Å². The molecule has 0 fully saturated rings. The van der Waals surface area contributed by atoms with Crippen LogP contribution in [0.2, 0.25) is 0 Å². The van der Waals surface area contributed by atoms with Crippen LogP contribution < -0.4 is 5.32 Å². The third-order valence-corrected chi connectivity index (χ3v) is 9.84. The Morgan fingerprint density at radius 3 is 1.38 bits per heavy atom. The molecule has 0 aliphatic rings. The second-order valence-electron chi connectivity index (χ2n) is 13.9. The summed E-state index contributed by atoms with van der Waals surface area (Å²) in [5, 5.41) is 13.2. The Labute approximate surface area is 297 Å². The van der Waals surface area contributed by atoms with Crippen molar-refractivity contribution in [1.29, 1.82) is 0 Å². The number of aliphatic hydroxyl groups excluding tert-OH is 1. The molecule has 6 nitrogen and oxygen atoms in total. The molecule has 0 aromatic heterocycles. The Bertz CT molecular complexity index is 899. The number of allylic oxidation sites excluding steroid dienone is 5. The minimum absolute atomic E-state index is 0.280. The first-order valence-corrected chi connectivity index (χ1v) is 21.8. The molecule has 0 saturated heterocycles. The summed E-state index contributed by atoms with van der Waals surface area (Å²) in [5.41, 5.74) is 0. The van der Waals surface area contributed by atoms with Crippen molar-refractivity contribution in [3.63, 3.8) is 0 Å². The molecule has 0 rings (SSSR count). The Morgan fingerprint density at radius 1 is 0.562 bits per heavy atom. The number of hydrogen-bond acceptors (Lipinski definition) is 4. The Morgan fingerprint density at radius 2 is 0.938 bits per heavy atom. The van der Waals surface area contributed by atoms with Crippen LogP contribution >= 0.6 is 0 Å². The first kappa shape index (κ1) is 46.6. The molecule has 0 radical (unpaired) electrons. The van der Waals surface area contributed by atoms with Crippen LogP contribution in [0.5, 0.6) is 0 Å². The van der Waals surface area contributed by atoms with E-state index in [0.29, 0.717) is 6.42 Å². The van der Waals surface area contributed by atoms with Gasteiger partial charge in [0.25, 0.3) is 10.1 Å². The second-order valence-corrected chi connectivity index (χ2v) is 15.4. The van der Waals surface area contributed by atoms with Gasteiger partial charge in [-0.05, 0) is 51.4 Å². The molecular weight excluding hydrogens is 619 g/mol. The number of nitrogens with one attached hydrogen (secondary N) is 1. The van der Waals surface area contributed by atoms with Crippen molar-refractivity contribution in [2.24, 2.45) is 0 Å². The average Bonchev–Trinajstić information content (AvgIpc) is 3.05. The highest BCUT2D eigenvalue weighted by Gasteiger charge is 2.24. The van der Waals surface area contributed by atoms with Crippen LogP contribution in [0.25, 0.3) is 0 Å². The van der Waals surface area contributed by atoms with Crippen LogP contribution in [-0.2, 0) is 14.9 Å². The highest BCUT2D eigenvalue weighted by atomic mass is 32.2. The van der Waals surface area contributed by atoms with Crippen LogP contribution in [0.1, 0.15) is 200 Å². The van der Waals surface area contributed by atoms with E-state index in [1.54, 1.807) is 6.08 Å². The molecule has 282 valence electrons. The highest BCUT2D eigenvalue weighted by molar-refractivity contribution is 7.85. The van der Waals surface area contributed by atoms with Gasteiger partial charge in [-0.15, -0.1) is 0 Å². The minimum atomic E-state index is -4.35. The highest BCUT2D eigenvalue weighted by Crippen LogP contribution is 2.14. The molecule has 48 heavy (non-hydrogen) atoms. The Hall–Kier alpha value is -1.44. The van der Waals surface area contributed by atoms with Crippen LogP contribution in [0.4, 0.5) is 0 Å². The standard InChI is InChI=1S/C41H77NO5S/c1-3-5-7-9-11-13-15-17-19-21-22-24-26-28-30-32-34-36-40(43)39(38-48(45,46)47)42-41(44)37-35-33-31-29-27-25-23-20-18-16-14-12-10-8-6-4-2/h14,16,20,23,34,36,39-40,43H,3-13,15,17-19,21-22,24-33,35,37-38H2,1-2H3,(H,42,44)(H,45,46,47)/b16-14-,23-20-,36-34+. The van der Waals surface area contributed by atoms with E-state index in [2.05, 4.69) is 43.5 Å². The molecular formula is C41H77NO5S. The van der Waals surface area contributed by atoms with Crippen molar-refractivity contribution < 1.29 is 22.9 Å². The van der Waals surface area contributed by atoms with E-state index >= 15 is 0 Å². The number of unbranched alkanes of at least 4 members (excludes halogenated alkanes) is 24. The fourth-order valence-electron chi connectivity index (χ4n) is 6.01. The van der Waals surface area contributed by atoms with E-state index in [-0.39, 0.29) is 12.3 Å². The van der Waals surface area contributed by atoms with Gasteiger partial charge in [-0.2, -0.15) is 8.42 Å². The number of hydrogen-bond donors (Lipinski definition) is 3. The van der Waals surface area contributed by atoms with Crippen LogP contribution in [0.3, 0.4) is 0 Å². The number of carbonyl (C=O) groups is 1. The molecule has 0 spiro atoms. The number of amides is 1. The predicted molar refractivity (Wildman–Crippen MR) is 207 cm³/mol. The molecule has 0 aliphatic heterocycles. The summed E-state index contributed by atoms with van der Waals surface area (Å²) in [6.45, 7) is 4.50. The van der Waals surface area contributed by atoms with Gasteiger partial charge in [0.05, 0.1) is 17.9 Å². The smallest absolute Gasteiger partial charge is 0.267 e. The normalized spacial score (nSPS) is 13.7. The second kappa shape index (κ2) is 35.4. The van der Waals surface area contributed by atoms with Crippen molar-refractivity contribution in [2.45, 2.75) is 212 Å². The average molecular weight is 696 g/mol. The van der Waals surface area contributed by atoms with Crippen molar-refractivity contribution in [3.8, 4) is 0 Å². The molecule has 1 amide bonds. The Kier molecular flexibility index (Phi) is 34.3. The summed E-state index contributed by atoms with van der Waals surface area (Å²) in [6.07, 6.45) is 45.5. The van der Waals surface area contributed by atoms with Crippen LogP contribution in [0.15, 0.2) is 36.5 Å². The van der Waals surface area contributed by atoms with Crippen molar-refractivity contribution in [1.82, 2.24) is 5.32 Å². The number of rotatable bonds is 36. The zero-order chi connectivity index (χ0) is 35.4. The molecule has 0 saturated carbocycles. The van der Waals surface area contributed by atoms with E-state index < -0.39 is 28.0 Å². The first-order chi connectivity index (χ1) is 23.3. The quantitative estimate of drug-likeness (QED) is 0.0344. The lowest BCUT2D eigenvalue weighted by molar-refractivity contribution is -0.122. The van der Waals surface area contributed by atoms with Crippen molar-refractivity contribution >= 4 is 16.0 Å². The number of aliphatic hydroxyl groups is 1. The lowest BCUT2D eigenvalue weighted by atomic mass is 10.0. The van der Waals surface area contributed by atoms with Crippen LogP contribution in [-0.4, -0.2) is 41.9 Å². The van der Waals surface area contributed by atoms with E-state index in [9.17, 15) is 22.9 Å². The molecule has 2 atom stereocenters. The maximum atomic E-state index is 12.5. The topological polar surface area (TPSA) is 104 Å². The van der Waals surface area contributed by atoms with Crippen molar-refractivity contribution in [3.05, 3.63) is 36.5 Å². The molecule has 7 heteroatoms. The van der Waals surface area contributed by atoms with Gasteiger partial charge in [0, 0.05) is 6.42 Å². The molecule has 3 N–H and O–H groups in total. The van der Waals surface area contributed by atoms with Gasteiger partial charge in [-0.25, -0.2) is 0 Å². The van der Waals surface area contributed by atoms with Gasteiger partial charge in [0.1, 0.15) is 0 Å². The monoisotopic (exact) mass is 696 g/mol. The van der Waals surface area contributed by atoms with E-state index in [1.165, 1.54) is 116 Å². The summed E-state index contributed by atoms with van der Waals surface area (Å²) in [5.74, 6) is -0.995. The summed E-state index contributed by atoms with van der Waals surface area (Å²) >= 11 is 0. The maximum Gasteiger partial charge on any atom is 0.267 e. The zero-order valence-corrected chi connectivity index (χ0v) is 32.2. The third kappa shape index (κ3) is 35.9. The van der Waals surface area contributed by atoms with Gasteiger partial charge in [-0.3, -0.25) is 9.35 Å². The number of carbonyl (C=O) groups excluding carboxylic acids is 1. The molecule has 0 aromatic carbocycles. The third-order valence-electron chi connectivity index (χ3n) is 9.06. The Balaban J connectivity index is 3.96. The first-order valence-electron chi connectivity index (χ1n) is 20.2. The maximum absolute atomic E-state index is 12.5. The van der Waals surface area contributed by atoms with E-state index in [4.69, 9.17) is 0 Å². The largest absolute Gasteiger partial charge is 0.387 e. The van der Waals surface area contributed by atoms with Gasteiger partial charge in [0.2, 0.25) is 5.91 Å². The molecule has 2 unspecified atom stereocenters. The van der Waals surface area contributed by atoms with E-state index in [1.807, 2.05) is 6.08 Å². The van der Waals surface area contributed by atoms with Crippen LogP contribution in [0, 0.1) is 0 Å². The van der Waals surface area contributed by atoms with Gasteiger partial charge < -0.3 is 10.4 Å². The summed E-state index contributed by atoms with van der Waals surface area (Å²) in [4.78, 5) is 12.5. The van der Waals surface area contributed by atoms with Gasteiger partial charge in [0.15, 0.2) is 0 Å². The fraction of sp³-hybridized carbons (Fsp3) is 0.829. The fourth-order valence-corrected chi connectivity index (χ4v) is 6.74. The lowest BCUT2D eigenvalue weighted by Gasteiger charge is -2.21. The summed E-state index contributed by atoms with van der Waals surface area (Å²) < 4.78 is 32.5. The molecule has 0 heterocycles. The molecule has 0 bridgehead atoms. The SMILES string of the molecule is CCCCCC/C=C\C/C=C\CCCCCCCC(=O)NC(CS(=O)(=O)O)C(O)/C=C/CCCCCCCCCCCCCCCCC. The lowest BCUT2D eigenvalue weighted by Crippen LogP contribution is -2.46. The van der Waals surface area contributed by atoms with Gasteiger partial charge in [-0.1, -0.05) is 179 Å². The minimum Gasteiger partial charge on any atom is -0.387 e. The van der Waals surface area contributed by atoms with Crippen molar-refractivity contribution in [2.75, 3.05) is 5.75 Å². The molecule has 0 aliphatic carbocycles. The van der Waals surface area contributed by atoms with E-state index in [0.717, 1.165) is 57.8 Å². The predicted octanol–water partition coefficient (Wildman–Crippen LogP) is 11.7. The zero-order valence-electron chi connectivity index (χ0n) is 31.4. The molecule has 0 aromatic rings. The summed E-state index contributed by atoms with van der Waals surface area (Å²) in [6, 6.07) is -1.06. The summed E-state index contributed by atoms with van der Waals surface area (Å²) in [7, 11) is -4.35.